The molecule has 1 aliphatic rings. The number of nitrogens with zero attached hydrogens (tertiary/aromatic N) is 2. The quantitative estimate of drug-likeness (QED) is 0.839. The molecule has 0 bridgehead atoms. The molecule has 1 aliphatic carbocycles. The van der Waals surface area contributed by atoms with E-state index in [9.17, 15) is 0 Å². The highest BCUT2D eigenvalue weighted by Crippen LogP contribution is 2.34. The Bertz CT molecular complexity index is 606. The molecule has 3 rings (SSSR count). The molecule has 110 valence electrons. The number of rotatable bonds is 4. The molecule has 0 radical (unpaired) electrons. The molecule has 0 spiro atoms. The van der Waals surface area contributed by atoms with Crippen molar-refractivity contribution >= 4 is 23.3 Å². The number of nitrogen functional groups attached to an aromatic ring is 1. The van der Waals surface area contributed by atoms with Crippen LogP contribution in [-0.2, 0) is 0 Å². The topological polar surface area (TPSA) is 63.8 Å². The number of hydrogen-bond donors (Lipinski definition) is 2. The van der Waals surface area contributed by atoms with E-state index in [0.717, 1.165) is 15.7 Å². The van der Waals surface area contributed by atoms with E-state index < -0.39 is 0 Å². The minimum absolute atomic E-state index is 0.499. The fraction of sp³-hybridized carbons (Fsp3) is 0.375. The number of hydrogen-bond acceptors (Lipinski definition) is 5. The average molecular weight is 300 g/mol. The van der Waals surface area contributed by atoms with E-state index >= 15 is 0 Å². The molecule has 2 aromatic rings. The molecule has 1 saturated carbocycles. The standard InChI is InChI=1S/C16H20N4S/c1-11-6-8-13(9-7-11)21-16-14(17)15(18-10-19-16)20-12-4-2-3-5-12/h6-10,12H,2-5,17H2,1H3,(H,18,19,20). The molecule has 1 aromatic carbocycles. The number of benzene rings is 1. The SMILES string of the molecule is Cc1ccc(Sc2ncnc(NC3CCCC3)c2N)cc1. The van der Waals surface area contributed by atoms with Gasteiger partial charge in [-0.3, -0.25) is 0 Å². The summed E-state index contributed by atoms with van der Waals surface area (Å²) >= 11 is 1.58. The largest absolute Gasteiger partial charge is 0.394 e. The summed E-state index contributed by atoms with van der Waals surface area (Å²) in [6, 6.07) is 8.87. The lowest BCUT2D eigenvalue weighted by Gasteiger charge is -2.15. The second-order valence-corrected chi connectivity index (χ2v) is 6.54. The van der Waals surface area contributed by atoms with Crippen LogP contribution in [0.3, 0.4) is 0 Å². The molecule has 0 unspecified atom stereocenters. The van der Waals surface area contributed by atoms with Crippen LogP contribution in [0.15, 0.2) is 40.5 Å². The summed E-state index contributed by atoms with van der Waals surface area (Å²) in [5.41, 5.74) is 8.13. The molecule has 1 fully saturated rings. The lowest BCUT2D eigenvalue weighted by Crippen LogP contribution is -2.17. The number of anilines is 2. The van der Waals surface area contributed by atoms with Gasteiger partial charge in [0.25, 0.3) is 0 Å². The zero-order valence-electron chi connectivity index (χ0n) is 12.2. The minimum Gasteiger partial charge on any atom is -0.394 e. The van der Waals surface area contributed by atoms with Gasteiger partial charge in [0.05, 0.1) is 0 Å². The van der Waals surface area contributed by atoms with Crippen LogP contribution >= 0.6 is 11.8 Å². The Morgan fingerprint density at radius 2 is 1.86 bits per heavy atom. The molecule has 21 heavy (non-hydrogen) atoms. The van der Waals surface area contributed by atoms with Gasteiger partial charge in [-0.1, -0.05) is 42.3 Å². The summed E-state index contributed by atoms with van der Waals surface area (Å²) in [5, 5.41) is 4.27. The molecule has 0 amide bonds. The molecule has 4 nitrogen and oxygen atoms in total. The van der Waals surface area contributed by atoms with Crippen molar-refractivity contribution < 1.29 is 0 Å². The van der Waals surface area contributed by atoms with Gasteiger partial charge >= 0.3 is 0 Å². The smallest absolute Gasteiger partial charge is 0.154 e. The summed E-state index contributed by atoms with van der Waals surface area (Å²) in [6.07, 6.45) is 6.55. The number of nitrogens with one attached hydrogen (secondary N) is 1. The molecule has 5 heteroatoms. The van der Waals surface area contributed by atoms with Gasteiger partial charge < -0.3 is 11.1 Å². The summed E-state index contributed by atoms with van der Waals surface area (Å²) < 4.78 is 0. The highest BCUT2D eigenvalue weighted by Gasteiger charge is 2.17. The zero-order valence-corrected chi connectivity index (χ0v) is 13.0. The van der Waals surface area contributed by atoms with Crippen molar-refractivity contribution in [3.8, 4) is 0 Å². The first-order valence-electron chi connectivity index (χ1n) is 7.34. The van der Waals surface area contributed by atoms with Crippen LogP contribution < -0.4 is 11.1 Å². The van der Waals surface area contributed by atoms with Crippen LogP contribution in [0.4, 0.5) is 11.5 Å². The van der Waals surface area contributed by atoms with Crippen LogP contribution in [0.5, 0.6) is 0 Å². The second kappa shape index (κ2) is 6.35. The van der Waals surface area contributed by atoms with Gasteiger partial charge in [-0.2, -0.15) is 0 Å². The maximum absolute atomic E-state index is 6.23. The third-order valence-corrected chi connectivity index (χ3v) is 4.81. The Kier molecular flexibility index (Phi) is 4.29. The Morgan fingerprint density at radius 3 is 2.57 bits per heavy atom. The van der Waals surface area contributed by atoms with Crippen LogP contribution in [0.25, 0.3) is 0 Å². The number of nitrogens with two attached hydrogens (primary N) is 1. The van der Waals surface area contributed by atoms with Crippen molar-refractivity contribution in [2.75, 3.05) is 11.1 Å². The van der Waals surface area contributed by atoms with Gasteiger partial charge in [-0.15, -0.1) is 0 Å². The van der Waals surface area contributed by atoms with Gasteiger partial charge in [-0.05, 0) is 31.9 Å². The van der Waals surface area contributed by atoms with Crippen LogP contribution in [0.2, 0.25) is 0 Å². The van der Waals surface area contributed by atoms with E-state index in [0.29, 0.717) is 11.7 Å². The van der Waals surface area contributed by atoms with Crippen LogP contribution in [0, 0.1) is 6.92 Å². The third kappa shape index (κ3) is 3.47. The molecule has 3 N–H and O–H groups in total. The summed E-state index contributed by atoms with van der Waals surface area (Å²) in [7, 11) is 0. The lowest BCUT2D eigenvalue weighted by molar-refractivity contribution is 0.749. The zero-order chi connectivity index (χ0) is 14.7. The van der Waals surface area contributed by atoms with E-state index in [1.165, 1.54) is 31.2 Å². The van der Waals surface area contributed by atoms with Gasteiger partial charge in [-0.25, -0.2) is 9.97 Å². The van der Waals surface area contributed by atoms with Gasteiger partial charge in [0.1, 0.15) is 17.0 Å². The molecular formula is C16H20N4S. The molecule has 0 atom stereocenters. The summed E-state index contributed by atoms with van der Waals surface area (Å²) in [4.78, 5) is 9.75. The molecule has 1 heterocycles. The first-order chi connectivity index (χ1) is 10.2. The highest BCUT2D eigenvalue weighted by atomic mass is 32.2. The average Bonchev–Trinajstić information content (AvgIpc) is 2.99. The first kappa shape index (κ1) is 14.2. The summed E-state index contributed by atoms with van der Waals surface area (Å²) in [5.74, 6) is 0.770. The first-order valence-corrected chi connectivity index (χ1v) is 8.15. The van der Waals surface area contributed by atoms with E-state index in [1.54, 1.807) is 18.1 Å². The Balaban J connectivity index is 1.77. The van der Waals surface area contributed by atoms with Crippen LogP contribution in [0.1, 0.15) is 31.2 Å². The fourth-order valence-corrected chi connectivity index (χ4v) is 3.36. The van der Waals surface area contributed by atoms with E-state index in [1.807, 2.05) is 0 Å². The van der Waals surface area contributed by atoms with Gasteiger partial charge in [0.15, 0.2) is 5.82 Å². The number of aromatic nitrogens is 2. The van der Waals surface area contributed by atoms with Gasteiger partial charge in [0.2, 0.25) is 0 Å². The predicted molar refractivity (Wildman–Crippen MR) is 87.6 cm³/mol. The van der Waals surface area contributed by atoms with Gasteiger partial charge in [0, 0.05) is 10.9 Å². The fourth-order valence-electron chi connectivity index (χ4n) is 2.56. The maximum Gasteiger partial charge on any atom is 0.154 e. The predicted octanol–water partition coefficient (Wildman–Crippen LogP) is 3.87. The van der Waals surface area contributed by atoms with Crippen molar-refractivity contribution in [1.29, 1.82) is 0 Å². The Labute approximate surface area is 129 Å². The summed E-state index contributed by atoms with van der Waals surface area (Å²) in [6.45, 7) is 2.08. The van der Waals surface area contributed by atoms with Crippen molar-refractivity contribution in [3.05, 3.63) is 36.2 Å². The second-order valence-electron chi connectivity index (χ2n) is 5.48. The highest BCUT2D eigenvalue weighted by molar-refractivity contribution is 7.99. The molecule has 0 aliphatic heterocycles. The van der Waals surface area contributed by atoms with Crippen molar-refractivity contribution in [1.82, 2.24) is 9.97 Å². The van der Waals surface area contributed by atoms with Crippen molar-refractivity contribution in [3.63, 3.8) is 0 Å². The third-order valence-electron chi connectivity index (χ3n) is 3.78. The van der Waals surface area contributed by atoms with Crippen molar-refractivity contribution in [2.24, 2.45) is 0 Å². The Morgan fingerprint density at radius 1 is 1.14 bits per heavy atom. The van der Waals surface area contributed by atoms with E-state index in [2.05, 4.69) is 46.5 Å². The normalized spacial score (nSPS) is 15.3. The van der Waals surface area contributed by atoms with Crippen LogP contribution in [-0.4, -0.2) is 16.0 Å². The molecular weight excluding hydrogens is 280 g/mol. The minimum atomic E-state index is 0.499. The Hall–Kier alpha value is -1.75. The van der Waals surface area contributed by atoms with Crippen molar-refractivity contribution in [2.45, 2.75) is 48.6 Å². The number of aryl methyl sites for hydroxylation is 1. The lowest BCUT2D eigenvalue weighted by atomic mass is 10.2. The van der Waals surface area contributed by atoms with E-state index in [-0.39, 0.29) is 0 Å². The molecule has 0 saturated heterocycles. The maximum atomic E-state index is 6.23. The monoisotopic (exact) mass is 300 g/mol. The molecule has 1 aromatic heterocycles. The van der Waals surface area contributed by atoms with E-state index in [4.69, 9.17) is 5.73 Å².